The Morgan fingerprint density at radius 2 is 2.46 bits per heavy atom. The van der Waals surface area contributed by atoms with Gasteiger partial charge in [0.2, 0.25) is 0 Å². The van der Waals surface area contributed by atoms with Crippen molar-refractivity contribution in [2.75, 3.05) is 0 Å². The minimum absolute atomic E-state index is 0.509. The Kier molecular flexibility index (Phi) is 4.01. The number of hydrogen-bond donors (Lipinski definition) is 1. The summed E-state index contributed by atoms with van der Waals surface area (Å²) in [4.78, 5) is 3.92. The predicted molar refractivity (Wildman–Crippen MR) is 52.0 cm³/mol. The van der Waals surface area contributed by atoms with E-state index in [9.17, 15) is 5.11 Å². The summed E-state index contributed by atoms with van der Waals surface area (Å²) in [6, 6.07) is 3.70. The molecule has 1 rings (SSSR count). The summed E-state index contributed by atoms with van der Waals surface area (Å²) in [5.74, 6) is 5.63. The fourth-order valence-corrected chi connectivity index (χ4v) is 0.949. The zero-order valence-corrected chi connectivity index (χ0v) is 7.70. The molecular weight excluding hydrogens is 162 g/mol. The molecule has 0 bridgehead atoms. The fraction of sp³-hybridized carbons (Fsp3) is 0.364. The van der Waals surface area contributed by atoms with Crippen molar-refractivity contribution in [3.8, 4) is 11.8 Å². The summed E-state index contributed by atoms with van der Waals surface area (Å²) in [6.07, 6.45) is 4.56. The van der Waals surface area contributed by atoms with Crippen LogP contribution < -0.4 is 0 Å². The Morgan fingerprint density at radius 1 is 1.62 bits per heavy atom. The number of aromatic nitrogens is 1. The minimum atomic E-state index is -0.509. The highest BCUT2D eigenvalue weighted by molar-refractivity contribution is 5.31. The maximum Gasteiger partial charge on any atom is 0.115 e. The first-order valence-electron chi connectivity index (χ1n) is 4.42. The summed E-state index contributed by atoms with van der Waals surface area (Å²) in [5, 5.41) is 9.32. The molecule has 0 saturated carbocycles. The molecule has 0 amide bonds. The lowest BCUT2D eigenvalue weighted by atomic mass is 10.2. The highest BCUT2D eigenvalue weighted by Gasteiger charge is 1.94. The van der Waals surface area contributed by atoms with Gasteiger partial charge in [-0.25, -0.2) is 0 Å². The lowest BCUT2D eigenvalue weighted by Crippen LogP contribution is -2.00. The summed E-state index contributed by atoms with van der Waals surface area (Å²) < 4.78 is 0. The van der Waals surface area contributed by atoms with Crippen LogP contribution in [0, 0.1) is 11.8 Å². The maximum absolute atomic E-state index is 9.32. The van der Waals surface area contributed by atoms with Crippen LogP contribution in [0.4, 0.5) is 0 Å². The highest BCUT2D eigenvalue weighted by Crippen LogP contribution is 1.96. The molecule has 0 saturated heterocycles. The monoisotopic (exact) mass is 175 g/mol. The molecule has 1 aromatic heterocycles. The third-order valence-corrected chi connectivity index (χ3v) is 1.61. The Morgan fingerprint density at radius 3 is 3.08 bits per heavy atom. The number of pyridine rings is 1. The second-order valence-corrected chi connectivity index (χ2v) is 2.82. The number of rotatable bonds is 2. The van der Waals surface area contributed by atoms with E-state index in [2.05, 4.69) is 16.8 Å². The van der Waals surface area contributed by atoms with Gasteiger partial charge in [-0.1, -0.05) is 25.2 Å². The standard InChI is InChI=1S/C11H13NO/c1-2-4-11(13)7-6-10-5-3-8-12-9-10/h3,5,8-9,11,13H,2,4H2,1H3. The van der Waals surface area contributed by atoms with Gasteiger partial charge in [0.05, 0.1) is 0 Å². The maximum atomic E-state index is 9.32. The van der Waals surface area contributed by atoms with E-state index in [-0.39, 0.29) is 0 Å². The van der Waals surface area contributed by atoms with Crippen molar-refractivity contribution in [3.05, 3.63) is 30.1 Å². The van der Waals surface area contributed by atoms with Crippen LogP contribution in [0.3, 0.4) is 0 Å². The smallest absolute Gasteiger partial charge is 0.115 e. The lowest BCUT2D eigenvalue weighted by molar-refractivity contribution is 0.221. The van der Waals surface area contributed by atoms with Gasteiger partial charge in [-0.3, -0.25) is 4.98 Å². The normalized spacial score (nSPS) is 11.5. The van der Waals surface area contributed by atoms with Crippen LogP contribution >= 0.6 is 0 Å². The molecule has 0 fully saturated rings. The van der Waals surface area contributed by atoms with Crippen molar-refractivity contribution in [1.82, 2.24) is 4.98 Å². The molecule has 1 N–H and O–H groups in total. The zero-order valence-electron chi connectivity index (χ0n) is 7.70. The average molecular weight is 175 g/mol. The van der Waals surface area contributed by atoms with Crippen molar-refractivity contribution in [2.24, 2.45) is 0 Å². The Hall–Kier alpha value is -1.33. The van der Waals surface area contributed by atoms with Gasteiger partial charge in [-0.15, -0.1) is 0 Å². The Labute approximate surface area is 78.6 Å². The van der Waals surface area contributed by atoms with Gasteiger partial charge in [0.25, 0.3) is 0 Å². The third-order valence-electron chi connectivity index (χ3n) is 1.61. The molecular formula is C11H13NO. The van der Waals surface area contributed by atoms with Crippen molar-refractivity contribution in [2.45, 2.75) is 25.9 Å². The van der Waals surface area contributed by atoms with E-state index in [1.807, 2.05) is 19.1 Å². The number of aliphatic hydroxyl groups is 1. The van der Waals surface area contributed by atoms with E-state index >= 15 is 0 Å². The Balaban J connectivity index is 2.57. The molecule has 0 aromatic carbocycles. The fourth-order valence-electron chi connectivity index (χ4n) is 0.949. The first-order chi connectivity index (χ1) is 6.33. The van der Waals surface area contributed by atoms with Crippen molar-refractivity contribution in [3.63, 3.8) is 0 Å². The van der Waals surface area contributed by atoms with Gasteiger partial charge < -0.3 is 5.11 Å². The van der Waals surface area contributed by atoms with Crippen LogP contribution in [0.1, 0.15) is 25.3 Å². The second-order valence-electron chi connectivity index (χ2n) is 2.82. The van der Waals surface area contributed by atoms with E-state index in [1.165, 1.54) is 0 Å². The first-order valence-corrected chi connectivity index (χ1v) is 4.42. The van der Waals surface area contributed by atoms with Gasteiger partial charge in [-0.05, 0) is 18.6 Å². The predicted octanol–water partition coefficient (Wildman–Crippen LogP) is 1.59. The van der Waals surface area contributed by atoms with Crippen LogP contribution in [-0.2, 0) is 0 Å². The largest absolute Gasteiger partial charge is 0.380 e. The zero-order chi connectivity index (χ0) is 9.52. The quantitative estimate of drug-likeness (QED) is 0.692. The average Bonchev–Trinajstić information content (AvgIpc) is 2.17. The van der Waals surface area contributed by atoms with E-state index in [0.29, 0.717) is 0 Å². The van der Waals surface area contributed by atoms with E-state index in [4.69, 9.17) is 0 Å². The first kappa shape index (κ1) is 9.76. The SMILES string of the molecule is CCCC(O)C#Cc1cccnc1. The molecule has 2 heteroatoms. The summed E-state index contributed by atoms with van der Waals surface area (Å²) in [7, 11) is 0. The molecule has 1 heterocycles. The summed E-state index contributed by atoms with van der Waals surface area (Å²) >= 11 is 0. The van der Waals surface area contributed by atoms with Crippen molar-refractivity contribution in [1.29, 1.82) is 0 Å². The van der Waals surface area contributed by atoms with E-state index in [1.54, 1.807) is 12.4 Å². The van der Waals surface area contributed by atoms with Gasteiger partial charge in [0.15, 0.2) is 0 Å². The van der Waals surface area contributed by atoms with Crippen LogP contribution in [0.15, 0.2) is 24.5 Å². The number of hydrogen-bond acceptors (Lipinski definition) is 2. The summed E-state index contributed by atoms with van der Waals surface area (Å²) in [5.41, 5.74) is 0.845. The number of nitrogens with zero attached hydrogens (tertiary/aromatic N) is 1. The molecule has 68 valence electrons. The topological polar surface area (TPSA) is 33.1 Å². The van der Waals surface area contributed by atoms with Crippen molar-refractivity contribution < 1.29 is 5.11 Å². The molecule has 0 radical (unpaired) electrons. The molecule has 0 aliphatic heterocycles. The molecule has 0 spiro atoms. The molecule has 13 heavy (non-hydrogen) atoms. The Bertz CT molecular complexity index is 297. The van der Waals surface area contributed by atoms with Crippen molar-refractivity contribution >= 4 is 0 Å². The molecule has 1 atom stereocenters. The van der Waals surface area contributed by atoms with Gasteiger partial charge in [0.1, 0.15) is 6.10 Å². The highest BCUT2D eigenvalue weighted by atomic mass is 16.3. The molecule has 1 unspecified atom stereocenters. The van der Waals surface area contributed by atoms with Crippen LogP contribution in [-0.4, -0.2) is 16.2 Å². The van der Waals surface area contributed by atoms with E-state index < -0.39 is 6.10 Å². The van der Waals surface area contributed by atoms with Crippen LogP contribution in [0.2, 0.25) is 0 Å². The van der Waals surface area contributed by atoms with Crippen LogP contribution in [0.5, 0.6) is 0 Å². The molecule has 1 aromatic rings. The number of aliphatic hydroxyl groups excluding tert-OH is 1. The lowest BCUT2D eigenvalue weighted by Gasteiger charge is -1.97. The molecule has 0 aliphatic carbocycles. The molecule has 0 aliphatic rings. The minimum Gasteiger partial charge on any atom is -0.380 e. The van der Waals surface area contributed by atoms with Crippen LogP contribution in [0.25, 0.3) is 0 Å². The summed E-state index contributed by atoms with van der Waals surface area (Å²) in [6.45, 7) is 2.02. The third kappa shape index (κ3) is 3.73. The van der Waals surface area contributed by atoms with E-state index in [0.717, 1.165) is 18.4 Å². The van der Waals surface area contributed by atoms with Gasteiger partial charge >= 0.3 is 0 Å². The van der Waals surface area contributed by atoms with Gasteiger partial charge in [0, 0.05) is 18.0 Å². The molecule has 2 nitrogen and oxygen atoms in total. The van der Waals surface area contributed by atoms with Gasteiger partial charge in [-0.2, -0.15) is 0 Å². The second kappa shape index (κ2) is 5.34.